The summed E-state index contributed by atoms with van der Waals surface area (Å²) in [6.45, 7) is 5.57. The molecule has 1 saturated heterocycles. The van der Waals surface area contributed by atoms with Crippen molar-refractivity contribution in [1.82, 2.24) is 15.1 Å². The van der Waals surface area contributed by atoms with E-state index in [2.05, 4.69) is 12.2 Å². The van der Waals surface area contributed by atoms with Crippen LogP contribution in [0.3, 0.4) is 0 Å². The van der Waals surface area contributed by atoms with Gasteiger partial charge in [0.15, 0.2) is 0 Å². The molecule has 0 aromatic heterocycles. The van der Waals surface area contributed by atoms with Crippen LogP contribution in [-0.4, -0.2) is 59.7 Å². The molecular weight excluding hydrogens is 366 g/mol. The smallest absolute Gasteiger partial charge is 0.261 e. The van der Waals surface area contributed by atoms with Crippen molar-refractivity contribution in [2.45, 2.75) is 57.9 Å². The van der Waals surface area contributed by atoms with E-state index in [0.717, 1.165) is 64.7 Å². The lowest BCUT2D eigenvalue weighted by atomic mass is 9.94. The third-order valence-corrected chi connectivity index (χ3v) is 6.69. The van der Waals surface area contributed by atoms with Gasteiger partial charge in [-0.1, -0.05) is 26.2 Å². The van der Waals surface area contributed by atoms with Gasteiger partial charge in [0.05, 0.1) is 11.1 Å². The van der Waals surface area contributed by atoms with Crippen molar-refractivity contribution in [1.29, 1.82) is 0 Å². The van der Waals surface area contributed by atoms with Crippen molar-refractivity contribution >= 4 is 17.7 Å². The van der Waals surface area contributed by atoms with Gasteiger partial charge >= 0.3 is 0 Å². The predicted molar refractivity (Wildman–Crippen MR) is 111 cm³/mol. The van der Waals surface area contributed by atoms with Crippen LogP contribution in [-0.2, 0) is 0 Å². The number of hydrogen-bond acceptors (Lipinski definition) is 4. The summed E-state index contributed by atoms with van der Waals surface area (Å²) in [4.78, 5) is 42.1. The van der Waals surface area contributed by atoms with E-state index in [1.807, 2.05) is 4.90 Å². The second-order valence-corrected chi connectivity index (χ2v) is 8.58. The summed E-state index contributed by atoms with van der Waals surface area (Å²) in [6, 6.07) is 5.03. The Kier molecular flexibility index (Phi) is 5.99. The van der Waals surface area contributed by atoms with Crippen molar-refractivity contribution in [2.75, 3.05) is 26.2 Å². The maximum absolute atomic E-state index is 13.0. The summed E-state index contributed by atoms with van der Waals surface area (Å²) >= 11 is 0. The number of carbonyl (C=O) groups excluding carboxylic acids is 3. The summed E-state index contributed by atoms with van der Waals surface area (Å²) in [6.07, 6.45) is 7.06. The van der Waals surface area contributed by atoms with Crippen LogP contribution in [0, 0.1) is 5.92 Å². The van der Waals surface area contributed by atoms with Crippen molar-refractivity contribution < 1.29 is 14.4 Å². The molecule has 2 fully saturated rings. The Labute approximate surface area is 172 Å². The van der Waals surface area contributed by atoms with Gasteiger partial charge in [-0.15, -0.1) is 0 Å². The Morgan fingerprint density at radius 2 is 1.69 bits per heavy atom. The summed E-state index contributed by atoms with van der Waals surface area (Å²) in [5.41, 5.74) is 1.36. The van der Waals surface area contributed by atoms with Crippen LogP contribution in [0.25, 0.3) is 0 Å². The molecule has 0 spiro atoms. The number of fused-ring (bicyclic) bond motifs is 1. The van der Waals surface area contributed by atoms with Gasteiger partial charge in [0.2, 0.25) is 0 Å². The van der Waals surface area contributed by atoms with Crippen molar-refractivity contribution in [3.05, 3.63) is 34.9 Å². The van der Waals surface area contributed by atoms with Crippen molar-refractivity contribution in [3.63, 3.8) is 0 Å². The normalized spacial score (nSPS) is 21.0. The highest BCUT2D eigenvalue weighted by molar-refractivity contribution is 6.22. The zero-order valence-electron chi connectivity index (χ0n) is 17.3. The molecule has 1 N–H and O–H groups in total. The van der Waals surface area contributed by atoms with E-state index >= 15 is 0 Å². The highest BCUT2D eigenvalue weighted by Crippen LogP contribution is 2.32. The first kappa shape index (κ1) is 20.1. The lowest BCUT2D eigenvalue weighted by molar-refractivity contribution is 0.0548. The molecule has 2 aliphatic heterocycles. The topological polar surface area (TPSA) is 69.7 Å². The molecule has 0 atom stereocenters. The van der Waals surface area contributed by atoms with Crippen LogP contribution >= 0.6 is 0 Å². The molecule has 1 aromatic rings. The molecule has 0 unspecified atom stereocenters. The molecule has 1 aliphatic carbocycles. The average Bonchev–Trinajstić information content (AvgIpc) is 3.02. The molecule has 3 aliphatic rings. The van der Waals surface area contributed by atoms with E-state index in [9.17, 15) is 14.4 Å². The van der Waals surface area contributed by atoms with E-state index in [0.29, 0.717) is 22.6 Å². The van der Waals surface area contributed by atoms with Gasteiger partial charge in [-0.2, -0.15) is 0 Å². The predicted octanol–water partition coefficient (Wildman–Crippen LogP) is 3.08. The highest BCUT2D eigenvalue weighted by Gasteiger charge is 2.40. The third-order valence-electron chi connectivity index (χ3n) is 6.69. The van der Waals surface area contributed by atoms with E-state index in [-0.39, 0.29) is 23.8 Å². The summed E-state index contributed by atoms with van der Waals surface area (Å²) in [5, 5.41) is 3.38. The van der Waals surface area contributed by atoms with Crippen molar-refractivity contribution in [2.24, 2.45) is 5.92 Å². The number of amides is 3. The second kappa shape index (κ2) is 8.66. The van der Waals surface area contributed by atoms with E-state index in [1.54, 1.807) is 18.2 Å². The first-order chi connectivity index (χ1) is 14.1. The molecule has 6 heteroatoms. The summed E-state index contributed by atoms with van der Waals surface area (Å²) in [5.74, 6) is 0.157. The number of benzene rings is 1. The van der Waals surface area contributed by atoms with Crippen molar-refractivity contribution in [3.8, 4) is 0 Å². The Morgan fingerprint density at radius 3 is 2.38 bits per heavy atom. The van der Waals surface area contributed by atoms with Gasteiger partial charge in [-0.25, -0.2) is 0 Å². The maximum atomic E-state index is 13.0. The average molecular weight is 398 g/mol. The van der Waals surface area contributed by atoms with Crippen LogP contribution in [0.1, 0.15) is 82.9 Å². The van der Waals surface area contributed by atoms with Crippen LogP contribution in [0.5, 0.6) is 0 Å². The van der Waals surface area contributed by atoms with Gasteiger partial charge < -0.3 is 10.2 Å². The molecule has 29 heavy (non-hydrogen) atoms. The van der Waals surface area contributed by atoms with Gasteiger partial charge in [0, 0.05) is 24.7 Å². The minimum Gasteiger partial charge on any atom is -0.339 e. The summed E-state index contributed by atoms with van der Waals surface area (Å²) in [7, 11) is 0. The molecule has 156 valence electrons. The molecule has 4 rings (SSSR count). The standard InChI is InChI=1S/C23H31N3O3/c1-2-24-15-16-10-12-25(13-11-16)21(27)17-8-9-19-20(14-17)23(29)26(22(19)28)18-6-4-3-5-7-18/h8-9,14,16,18,24H,2-7,10-13,15H2,1H3. The van der Waals surface area contributed by atoms with Crippen LogP contribution < -0.4 is 5.32 Å². The number of imide groups is 1. The van der Waals surface area contributed by atoms with E-state index in [1.165, 1.54) is 11.3 Å². The highest BCUT2D eigenvalue weighted by atomic mass is 16.2. The third kappa shape index (κ3) is 3.95. The SMILES string of the molecule is CCNCC1CCN(C(=O)c2ccc3c(c2)C(=O)N(C2CCCCC2)C3=O)CC1. The van der Waals surface area contributed by atoms with E-state index in [4.69, 9.17) is 0 Å². The molecular formula is C23H31N3O3. The van der Waals surface area contributed by atoms with Crippen LogP contribution in [0.4, 0.5) is 0 Å². The number of likely N-dealkylation sites (tertiary alicyclic amines) is 1. The maximum Gasteiger partial charge on any atom is 0.261 e. The fraction of sp³-hybridized carbons (Fsp3) is 0.609. The fourth-order valence-electron chi connectivity index (χ4n) is 4.93. The van der Waals surface area contributed by atoms with Crippen LogP contribution in [0.2, 0.25) is 0 Å². The Bertz CT molecular complexity index is 793. The van der Waals surface area contributed by atoms with Gasteiger partial charge in [0.25, 0.3) is 17.7 Å². The first-order valence-corrected chi connectivity index (χ1v) is 11.1. The minimum absolute atomic E-state index is 0.00561. The number of rotatable bonds is 5. The minimum atomic E-state index is -0.226. The lowest BCUT2D eigenvalue weighted by Crippen LogP contribution is -2.41. The number of nitrogens with one attached hydrogen (secondary N) is 1. The molecule has 6 nitrogen and oxygen atoms in total. The molecule has 0 radical (unpaired) electrons. The molecule has 3 amide bonds. The van der Waals surface area contributed by atoms with Gasteiger partial charge in [-0.3, -0.25) is 19.3 Å². The van der Waals surface area contributed by atoms with Gasteiger partial charge in [0.1, 0.15) is 0 Å². The Balaban J connectivity index is 1.45. The number of carbonyl (C=O) groups is 3. The summed E-state index contributed by atoms with van der Waals surface area (Å²) < 4.78 is 0. The molecule has 2 heterocycles. The largest absolute Gasteiger partial charge is 0.339 e. The fourth-order valence-corrected chi connectivity index (χ4v) is 4.93. The van der Waals surface area contributed by atoms with Gasteiger partial charge in [-0.05, 0) is 62.9 Å². The molecule has 1 saturated carbocycles. The zero-order chi connectivity index (χ0) is 20.4. The number of hydrogen-bond donors (Lipinski definition) is 1. The van der Waals surface area contributed by atoms with E-state index < -0.39 is 0 Å². The monoisotopic (exact) mass is 397 g/mol. The van der Waals surface area contributed by atoms with Crippen LogP contribution in [0.15, 0.2) is 18.2 Å². The first-order valence-electron chi connectivity index (χ1n) is 11.1. The number of piperidine rings is 1. The number of nitrogens with zero attached hydrogens (tertiary/aromatic N) is 2. The second-order valence-electron chi connectivity index (χ2n) is 8.58. The Hall–Kier alpha value is -2.21. The molecule has 1 aromatic carbocycles. The Morgan fingerprint density at radius 1 is 1.00 bits per heavy atom. The lowest BCUT2D eigenvalue weighted by Gasteiger charge is -2.32. The zero-order valence-corrected chi connectivity index (χ0v) is 17.3. The quantitative estimate of drug-likeness (QED) is 0.775. The molecule has 0 bridgehead atoms.